The molecule has 0 aliphatic rings. The first kappa shape index (κ1) is 11.1. The molecule has 2 rings (SSSR count). The Hall–Kier alpha value is -2.35. The molecule has 5 heteroatoms. The van der Waals surface area contributed by atoms with Crippen LogP contribution in [0.15, 0.2) is 30.5 Å². The molecule has 1 heterocycles. The van der Waals surface area contributed by atoms with Crippen molar-refractivity contribution in [2.75, 3.05) is 5.32 Å². The van der Waals surface area contributed by atoms with Crippen molar-refractivity contribution in [3.63, 3.8) is 0 Å². The Balaban J connectivity index is 2.09. The number of aromatic nitrogens is 2. The monoisotopic (exact) mass is 230 g/mol. The van der Waals surface area contributed by atoms with Crippen LogP contribution in [-0.4, -0.2) is 9.78 Å². The molecule has 0 aliphatic heterocycles. The molecule has 0 fully saturated rings. The second kappa shape index (κ2) is 4.66. The first-order valence-electron chi connectivity index (χ1n) is 5.10. The van der Waals surface area contributed by atoms with Crippen molar-refractivity contribution in [1.82, 2.24) is 9.78 Å². The zero-order valence-corrected chi connectivity index (χ0v) is 9.31. The molecule has 0 saturated heterocycles. The smallest absolute Gasteiger partial charge is 0.126 e. The van der Waals surface area contributed by atoms with E-state index in [9.17, 15) is 4.39 Å². The van der Waals surface area contributed by atoms with E-state index in [2.05, 4.69) is 10.4 Å². The van der Waals surface area contributed by atoms with Gasteiger partial charge in [-0.2, -0.15) is 10.4 Å². The van der Waals surface area contributed by atoms with Gasteiger partial charge in [-0.1, -0.05) is 0 Å². The third-order valence-electron chi connectivity index (χ3n) is 2.27. The summed E-state index contributed by atoms with van der Waals surface area (Å²) in [7, 11) is 1.83. The first-order chi connectivity index (χ1) is 8.17. The predicted molar refractivity (Wildman–Crippen MR) is 61.6 cm³/mol. The second-order valence-corrected chi connectivity index (χ2v) is 3.67. The summed E-state index contributed by atoms with van der Waals surface area (Å²) in [5.74, 6) is -0.424. The number of hydrogen-bond acceptors (Lipinski definition) is 3. The molecule has 0 bridgehead atoms. The van der Waals surface area contributed by atoms with Crippen LogP contribution in [0.2, 0.25) is 0 Å². The maximum absolute atomic E-state index is 13.1. The predicted octanol–water partition coefficient (Wildman–Crippen LogP) is 2.04. The Morgan fingerprint density at radius 1 is 1.47 bits per heavy atom. The Morgan fingerprint density at radius 3 is 2.94 bits per heavy atom. The molecule has 17 heavy (non-hydrogen) atoms. The highest BCUT2D eigenvalue weighted by Gasteiger charge is 2.01. The van der Waals surface area contributed by atoms with Gasteiger partial charge in [0.25, 0.3) is 0 Å². The van der Waals surface area contributed by atoms with Gasteiger partial charge in [0, 0.05) is 18.9 Å². The highest BCUT2D eigenvalue weighted by atomic mass is 19.1. The van der Waals surface area contributed by atoms with Gasteiger partial charge in [-0.3, -0.25) is 4.68 Å². The summed E-state index contributed by atoms with van der Waals surface area (Å²) in [6, 6.07) is 7.94. The van der Waals surface area contributed by atoms with E-state index >= 15 is 0 Å². The van der Waals surface area contributed by atoms with Crippen molar-refractivity contribution >= 4 is 5.69 Å². The number of nitriles is 1. The number of rotatable bonds is 3. The third-order valence-corrected chi connectivity index (χ3v) is 2.27. The van der Waals surface area contributed by atoms with Crippen LogP contribution in [0.25, 0.3) is 0 Å². The molecule has 0 aliphatic carbocycles. The Bertz CT molecular complexity index is 568. The quantitative estimate of drug-likeness (QED) is 0.877. The zero-order chi connectivity index (χ0) is 12.3. The molecule has 0 amide bonds. The fourth-order valence-electron chi connectivity index (χ4n) is 1.51. The van der Waals surface area contributed by atoms with Gasteiger partial charge in [0.2, 0.25) is 0 Å². The van der Waals surface area contributed by atoms with Crippen molar-refractivity contribution in [1.29, 1.82) is 5.26 Å². The summed E-state index contributed by atoms with van der Waals surface area (Å²) in [5, 5.41) is 15.9. The molecule has 0 unspecified atom stereocenters. The van der Waals surface area contributed by atoms with E-state index in [1.165, 1.54) is 12.1 Å². The van der Waals surface area contributed by atoms with Gasteiger partial charge in [0.05, 0.1) is 23.9 Å². The van der Waals surface area contributed by atoms with Gasteiger partial charge >= 0.3 is 0 Å². The first-order valence-corrected chi connectivity index (χ1v) is 5.10. The van der Waals surface area contributed by atoms with Crippen LogP contribution >= 0.6 is 0 Å². The second-order valence-electron chi connectivity index (χ2n) is 3.67. The van der Waals surface area contributed by atoms with Crippen molar-refractivity contribution < 1.29 is 4.39 Å². The minimum absolute atomic E-state index is 0.300. The SMILES string of the molecule is Cn1ccc(CNc2cc(F)cc(C#N)c2)n1. The van der Waals surface area contributed by atoms with E-state index in [0.717, 1.165) is 5.69 Å². The lowest BCUT2D eigenvalue weighted by Crippen LogP contribution is -2.01. The van der Waals surface area contributed by atoms with Crippen molar-refractivity contribution in [3.8, 4) is 6.07 Å². The van der Waals surface area contributed by atoms with E-state index in [1.54, 1.807) is 10.7 Å². The molecular formula is C12H11FN4. The van der Waals surface area contributed by atoms with Crippen molar-refractivity contribution in [2.24, 2.45) is 7.05 Å². The van der Waals surface area contributed by atoms with Gasteiger partial charge in [0.15, 0.2) is 0 Å². The third kappa shape index (κ3) is 2.82. The fraction of sp³-hybridized carbons (Fsp3) is 0.167. The number of anilines is 1. The number of nitrogens with one attached hydrogen (secondary N) is 1. The molecule has 4 nitrogen and oxygen atoms in total. The molecule has 86 valence electrons. The van der Waals surface area contributed by atoms with Gasteiger partial charge in [-0.25, -0.2) is 4.39 Å². The van der Waals surface area contributed by atoms with Gasteiger partial charge in [-0.15, -0.1) is 0 Å². The van der Waals surface area contributed by atoms with Crippen LogP contribution in [0, 0.1) is 17.1 Å². The summed E-state index contributed by atoms with van der Waals surface area (Å²) in [6.07, 6.45) is 1.84. The topological polar surface area (TPSA) is 53.6 Å². The fourth-order valence-corrected chi connectivity index (χ4v) is 1.51. The van der Waals surface area contributed by atoms with E-state index < -0.39 is 5.82 Å². The summed E-state index contributed by atoms with van der Waals surface area (Å²) < 4.78 is 14.8. The normalized spacial score (nSPS) is 9.94. The van der Waals surface area contributed by atoms with E-state index in [0.29, 0.717) is 17.8 Å². The zero-order valence-electron chi connectivity index (χ0n) is 9.31. The Labute approximate surface area is 98.3 Å². The largest absolute Gasteiger partial charge is 0.379 e. The van der Waals surface area contributed by atoms with E-state index in [4.69, 9.17) is 5.26 Å². The minimum atomic E-state index is -0.424. The van der Waals surface area contributed by atoms with Crippen LogP contribution in [0.5, 0.6) is 0 Å². The standard InChI is InChI=1S/C12H11FN4/c1-17-3-2-11(16-17)8-15-12-5-9(7-14)4-10(13)6-12/h2-6,15H,8H2,1H3. The van der Waals surface area contributed by atoms with Crippen LogP contribution < -0.4 is 5.32 Å². The Kier molecular flexibility index (Phi) is 3.06. The molecule has 0 saturated carbocycles. The lowest BCUT2D eigenvalue weighted by molar-refractivity contribution is 0.627. The van der Waals surface area contributed by atoms with Gasteiger partial charge in [-0.05, 0) is 24.3 Å². The number of nitrogens with zero attached hydrogens (tertiary/aromatic N) is 3. The summed E-state index contributed by atoms with van der Waals surface area (Å²) in [6.45, 7) is 0.495. The van der Waals surface area contributed by atoms with Crippen LogP contribution in [0.3, 0.4) is 0 Å². The summed E-state index contributed by atoms with van der Waals surface area (Å²) in [4.78, 5) is 0. The van der Waals surface area contributed by atoms with Crippen LogP contribution in [-0.2, 0) is 13.6 Å². The molecule has 1 aromatic heterocycles. The molecule has 0 atom stereocenters. The van der Waals surface area contributed by atoms with Crippen LogP contribution in [0.1, 0.15) is 11.3 Å². The van der Waals surface area contributed by atoms with Gasteiger partial charge < -0.3 is 5.32 Å². The number of aryl methyl sites for hydroxylation is 1. The van der Waals surface area contributed by atoms with E-state index in [-0.39, 0.29) is 0 Å². The van der Waals surface area contributed by atoms with Crippen molar-refractivity contribution in [2.45, 2.75) is 6.54 Å². The molecule has 1 aromatic carbocycles. The van der Waals surface area contributed by atoms with E-state index in [1.807, 2.05) is 25.4 Å². The lowest BCUT2D eigenvalue weighted by Gasteiger charge is -2.04. The maximum atomic E-state index is 13.1. The summed E-state index contributed by atoms with van der Waals surface area (Å²) in [5.41, 5.74) is 1.73. The average Bonchev–Trinajstić information content (AvgIpc) is 2.72. The number of benzene rings is 1. The maximum Gasteiger partial charge on any atom is 0.126 e. The molecule has 2 aromatic rings. The highest BCUT2D eigenvalue weighted by molar-refractivity contribution is 5.49. The summed E-state index contributed by atoms with van der Waals surface area (Å²) >= 11 is 0. The van der Waals surface area contributed by atoms with Gasteiger partial charge in [0.1, 0.15) is 5.82 Å². The molecule has 0 radical (unpaired) electrons. The van der Waals surface area contributed by atoms with Crippen LogP contribution in [0.4, 0.5) is 10.1 Å². The lowest BCUT2D eigenvalue weighted by atomic mass is 10.2. The average molecular weight is 230 g/mol. The number of hydrogen-bond donors (Lipinski definition) is 1. The highest BCUT2D eigenvalue weighted by Crippen LogP contribution is 2.14. The molecule has 1 N–H and O–H groups in total. The molecular weight excluding hydrogens is 219 g/mol. The Morgan fingerprint density at radius 2 is 2.29 bits per heavy atom. The minimum Gasteiger partial charge on any atom is -0.379 e. The number of halogens is 1. The molecule has 0 spiro atoms. The van der Waals surface area contributed by atoms with Crippen molar-refractivity contribution in [3.05, 3.63) is 47.5 Å².